The molecule has 0 saturated carbocycles. The number of nitrogens with one attached hydrogen (secondary N) is 1. The molecule has 1 aromatic heterocycles. The van der Waals surface area contributed by atoms with Gasteiger partial charge in [0.05, 0.1) is 12.3 Å². The molecule has 1 N–H and O–H groups in total. The Bertz CT molecular complexity index is 925. The highest BCUT2D eigenvalue weighted by Gasteiger charge is 2.20. The van der Waals surface area contributed by atoms with Crippen molar-refractivity contribution in [2.45, 2.75) is 19.3 Å². The summed E-state index contributed by atoms with van der Waals surface area (Å²) in [6.07, 6.45) is 0. The molecule has 0 radical (unpaired) electrons. The molecule has 4 nitrogen and oxygen atoms in total. The molecule has 130 valence electrons. The number of hydrogen-bond acceptors (Lipinski definition) is 3. The summed E-state index contributed by atoms with van der Waals surface area (Å²) in [7, 11) is 0. The number of anilines is 1. The van der Waals surface area contributed by atoms with Crippen molar-refractivity contribution < 1.29 is 4.39 Å². The average molecular weight is 346 g/mol. The van der Waals surface area contributed by atoms with Gasteiger partial charge in [-0.3, -0.25) is 0 Å². The van der Waals surface area contributed by atoms with Gasteiger partial charge in [-0.2, -0.15) is 0 Å². The van der Waals surface area contributed by atoms with Crippen molar-refractivity contribution in [2.24, 2.45) is 0 Å². The van der Waals surface area contributed by atoms with Gasteiger partial charge >= 0.3 is 0 Å². The summed E-state index contributed by atoms with van der Waals surface area (Å²) in [5.41, 5.74) is 3.03. The van der Waals surface area contributed by atoms with Crippen LogP contribution in [0.5, 0.6) is 0 Å². The van der Waals surface area contributed by atoms with E-state index in [9.17, 15) is 4.39 Å². The molecular formula is C21H19FN4. The van der Waals surface area contributed by atoms with Crippen LogP contribution in [0.1, 0.15) is 19.4 Å². The molecule has 0 amide bonds. The minimum absolute atomic E-state index is 0.183. The normalized spacial score (nSPS) is 11.0. The second-order valence-corrected chi connectivity index (χ2v) is 6.71. The first kappa shape index (κ1) is 17.6. The number of nitrogens with zero attached hydrogens (tertiary/aromatic N) is 3. The van der Waals surface area contributed by atoms with Crippen molar-refractivity contribution in [3.05, 3.63) is 83.5 Å². The number of aromatic nitrogens is 2. The molecule has 0 saturated heterocycles. The van der Waals surface area contributed by atoms with Gasteiger partial charge < -0.3 is 5.32 Å². The Morgan fingerprint density at radius 2 is 1.81 bits per heavy atom. The van der Waals surface area contributed by atoms with Crippen LogP contribution in [0.2, 0.25) is 0 Å². The van der Waals surface area contributed by atoms with Crippen LogP contribution in [0.15, 0.2) is 60.7 Å². The van der Waals surface area contributed by atoms with Gasteiger partial charge in [0, 0.05) is 12.0 Å². The maximum Gasteiger partial charge on any atom is 0.187 e. The lowest BCUT2D eigenvalue weighted by atomic mass is 9.84. The van der Waals surface area contributed by atoms with Crippen LogP contribution in [0.4, 0.5) is 15.9 Å². The van der Waals surface area contributed by atoms with Crippen LogP contribution in [-0.2, 0) is 5.41 Å². The molecule has 26 heavy (non-hydrogen) atoms. The number of benzene rings is 2. The van der Waals surface area contributed by atoms with E-state index < -0.39 is 0 Å². The van der Waals surface area contributed by atoms with Gasteiger partial charge in [0.1, 0.15) is 11.6 Å². The third-order valence-corrected chi connectivity index (χ3v) is 4.27. The van der Waals surface area contributed by atoms with Gasteiger partial charge in [0.25, 0.3) is 0 Å². The van der Waals surface area contributed by atoms with Crippen molar-refractivity contribution >= 4 is 11.5 Å². The second kappa shape index (κ2) is 7.32. The molecule has 1 heterocycles. The maximum absolute atomic E-state index is 13.1. The number of rotatable bonds is 5. The molecule has 0 aliphatic heterocycles. The van der Waals surface area contributed by atoms with Crippen molar-refractivity contribution in [1.29, 1.82) is 0 Å². The molecule has 0 bridgehead atoms. The zero-order valence-electron chi connectivity index (χ0n) is 14.7. The minimum atomic E-state index is -0.235. The lowest BCUT2D eigenvalue weighted by molar-refractivity contribution is 0.552. The van der Waals surface area contributed by atoms with Gasteiger partial charge in [0.15, 0.2) is 5.69 Å². The highest BCUT2D eigenvalue weighted by molar-refractivity contribution is 5.65. The fraction of sp³-hybridized carbons (Fsp3) is 0.190. The first-order valence-corrected chi connectivity index (χ1v) is 8.29. The lowest BCUT2D eigenvalue weighted by Gasteiger charge is -2.25. The highest BCUT2D eigenvalue weighted by Crippen LogP contribution is 2.25. The SMILES string of the molecule is [C-]#[N+]c1cccc(-c2ccc(NCC(C)(C)c3ccc(F)cc3)nn2)c1. The molecule has 0 aliphatic carbocycles. The minimum Gasteiger partial charge on any atom is -0.368 e. The summed E-state index contributed by atoms with van der Waals surface area (Å²) in [5, 5.41) is 11.8. The van der Waals surface area contributed by atoms with E-state index in [1.54, 1.807) is 24.3 Å². The van der Waals surface area contributed by atoms with Crippen molar-refractivity contribution in [2.75, 3.05) is 11.9 Å². The maximum atomic E-state index is 13.1. The van der Waals surface area contributed by atoms with Crippen LogP contribution >= 0.6 is 0 Å². The van der Waals surface area contributed by atoms with E-state index in [0.29, 0.717) is 18.1 Å². The van der Waals surface area contributed by atoms with Gasteiger partial charge in [-0.1, -0.05) is 44.2 Å². The number of hydrogen-bond donors (Lipinski definition) is 1. The fourth-order valence-electron chi connectivity index (χ4n) is 2.63. The van der Waals surface area contributed by atoms with Gasteiger partial charge in [-0.15, -0.1) is 10.2 Å². The molecule has 0 unspecified atom stereocenters. The first-order valence-electron chi connectivity index (χ1n) is 8.29. The largest absolute Gasteiger partial charge is 0.368 e. The Morgan fingerprint density at radius 3 is 2.46 bits per heavy atom. The zero-order chi connectivity index (χ0) is 18.6. The molecule has 0 aliphatic rings. The monoisotopic (exact) mass is 346 g/mol. The predicted molar refractivity (Wildman–Crippen MR) is 102 cm³/mol. The van der Waals surface area contributed by atoms with Crippen molar-refractivity contribution in [1.82, 2.24) is 10.2 Å². The summed E-state index contributed by atoms with van der Waals surface area (Å²) < 4.78 is 13.1. The van der Waals surface area contributed by atoms with Gasteiger partial charge in [-0.05, 0) is 41.5 Å². The summed E-state index contributed by atoms with van der Waals surface area (Å²) >= 11 is 0. The van der Waals surface area contributed by atoms with Crippen molar-refractivity contribution in [3.63, 3.8) is 0 Å². The Kier molecular flexibility index (Phi) is 4.94. The predicted octanol–water partition coefficient (Wildman–Crippen LogP) is 5.22. The highest BCUT2D eigenvalue weighted by atomic mass is 19.1. The molecule has 3 rings (SSSR count). The third-order valence-electron chi connectivity index (χ3n) is 4.27. The quantitative estimate of drug-likeness (QED) is 0.644. The molecular weight excluding hydrogens is 327 g/mol. The topological polar surface area (TPSA) is 42.2 Å². The van der Waals surface area contributed by atoms with E-state index in [1.165, 1.54) is 12.1 Å². The smallest absolute Gasteiger partial charge is 0.187 e. The average Bonchev–Trinajstić information content (AvgIpc) is 2.67. The van der Waals surface area contributed by atoms with Crippen LogP contribution in [0.25, 0.3) is 16.1 Å². The molecule has 3 aromatic rings. The van der Waals surface area contributed by atoms with E-state index in [2.05, 4.69) is 34.2 Å². The van der Waals surface area contributed by atoms with Gasteiger partial charge in [0.2, 0.25) is 0 Å². The Hall–Kier alpha value is -3.26. The summed E-state index contributed by atoms with van der Waals surface area (Å²) in [4.78, 5) is 3.43. The van der Waals surface area contributed by atoms with Crippen LogP contribution in [0, 0.1) is 12.4 Å². The Balaban J connectivity index is 1.69. The fourth-order valence-corrected chi connectivity index (χ4v) is 2.63. The molecule has 5 heteroatoms. The van der Waals surface area contributed by atoms with Crippen molar-refractivity contribution in [3.8, 4) is 11.3 Å². The van der Waals surface area contributed by atoms with E-state index in [0.717, 1.165) is 16.8 Å². The molecule has 2 aromatic carbocycles. The Labute approximate surface area is 152 Å². The number of halogens is 1. The van der Waals surface area contributed by atoms with Crippen LogP contribution in [-0.4, -0.2) is 16.7 Å². The molecule has 0 atom stereocenters. The van der Waals surface area contributed by atoms with E-state index in [-0.39, 0.29) is 11.2 Å². The summed E-state index contributed by atoms with van der Waals surface area (Å²) in [6, 6.07) is 17.6. The van der Waals surface area contributed by atoms with E-state index in [4.69, 9.17) is 6.57 Å². The Morgan fingerprint density at radius 1 is 1.04 bits per heavy atom. The van der Waals surface area contributed by atoms with Gasteiger partial charge in [-0.25, -0.2) is 9.24 Å². The molecule has 0 fully saturated rings. The zero-order valence-corrected chi connectivity index (χ0v) is 14.7. The molecule has 0 spiro atoms. The second-order valence-electron chi connectivity index (χ2n) is 6.71. The standard InChI is InChI=1S/C21H19FN4/c1-21(2,16-7-9-17(22)10-8-16)14-24-20-12-11-19(25-26-20)15-5-4-6-18(13-15)23-3/h4-13H,14H2,1-2H3,(H,24,26). The lowest BCUT2D eigenvalue weighted by Crippen LogP contribution is -2.28. The summed E-state index contributed by atoms with van der Waals surface area (Å²) in [5.74, 6) is 0.437. The van der Waals surface area contributed by atoms with Crippen LogP contribution < -0.4 is 5.32 Å². The summed E-state index contributed by atoms with van der Waals surface area (Å²) in [6.45, 7) is 11.9. The first-order chi connectivity index (χ1) is 12.5. The van der Waals surface area contributed by atoms with Crippen LogP contribution in [0.3, 0.4) is 0 Å². The van der Waals surface area contributed by atoms with E-state index >= 15 is 0 Å². The third kappa shape index (κ3) is 4.04. The van der Waals surface area contributed by atoms with E-state index in [1.807, 2.05) is 24.3 Å².